The molecule has 0 saturated heterocycles. The third kappa shape index (κ3) is 3.40. The first-order chi connectivity index (χ1) is 13.2. The lowest BCUT2D eigenvalue weighted by Crippen LogP contribution is -2.30. The third-order valence-corrected chi connectivity index (χ3v) is 5.97. The molecule has 0 aliphatic carbocycles. The molecule has 4 rings (SSSR count). The SMILES string of the molecule is Cc1cc(S(C)(=O)=O)ncc1N1CCc2[nH]c(-c3ccc(F)cc3F)cc2C1. The van der Waals surface area contributed by atoms with Gasteiger partial charge >= 0.3 is 0 Å². The maximum Gasteiger partial charge on any atom is 0.192 e. The maximum atomic E-state index is 14.1. The van der Waals surface area contributed by atoms with Gasteiger partial charge in [-0.3, -0.25) is 0 Å². The van der Waals surface area contributed by atoms with Gasteiger partial charge in [0.1, 0.15) is 11.6 Å². The van der Waals surface area contributed by atoms with Crippen LogP contribution in [-0.4, -0.2) is 31.2 Å². The Labute approximate surface area is 162 Å². The summed E-state index contributed by atoms with van der Waals surface area (Å²) < 4.78 is 50.6. The van der Waals surface area contributed by atoms with E-state index in [1.165, 1.54) is 12.1 Å². The molecule has 0 unspecified atom stereocenters. The average Bonchev–Trinajstić information content (AvgIpc) is 3.03. The number of hydrogen-bond acceptors (Lipinski definition) is 4. The van der Waals surface area contributed by atoms with Gasteiger partial charge in [-0.1, -0.05) is 0 Å². The standard InChI is InChI=1S/C20H19F2N3O2S/c1-12-7-20(28(2,26)27)23-10-19(12)25-6-5-17-13(11-25)8-18(24-17)15-4-3-14(21)9-16(15)22/h3-4,7-10,24H,5-6,11H2,1-2H3. The molecular weight excluding hydrogens is 384 g/mol. The molecule has 8 heteroatoms. The van der Waals surface area contributed by atoms with Crippen LogP contribution in [0.5, 0.6) is 0 Å². The van der Waals surface area contributed by atoms with E-state index in [0.717, 1.165) is 47.8 Å². The van der Waals surface area contributed by atoms with Gasteiger partial charge in [-0.05, 0) is 42.3 Å². The number of hydrogen-bond donors (Lipinski definition) is 1. The number of H-pyrrole nitrogens is 1. The number of aromatic amines is 1. The van der Waals surface area contributed by atoms with Crippen LogP contribution in [0.25, 0.3) is 11.3 Å². The lowest BCUT2D eigenvalue weighted by atomic mass is 10.1. The summed E-state index contributed by atoms with van der Waals surface area (Å²) in [6, 6.07) is 7.00. The summed E-state index contributed by atoms with van der Waals surface area (Å²) >= 11 is 0. The zero-order valence-corrected chi connectivity index (χ0v) is 16.3. The van der Waals surface area contributed by atoms with Crippen molar-refractivity contribution in [3.8, 4) is 11.3 Å². The van der Waals surface area contributed by atoms with Crippen LogP contribution in [0.15, 0.2) is 41.6 Å². The third-order valence-electron chi connectivity index (χ3n) is 4.98. The van der Waals surface area contributed by atoms with Crippen molar-refractivity contribution in [3.05, 3.63) is 65.0 Å². The minimum Gasteiger partial charge on any atom is -0.365 e. The Morgan fingerprint density at radius 3 is 2.64 bits per heavy atom. The second kappa shape index (κ2) is 6.70. The number of fused-ring (bicyclic) bond motifs is 1. The van der Waals surface area contributed by atoms with E-state index in [9.17, 15) is 17.2 Å². The fourth-order valence-corrected chi connectivity index (χ4v) is 4.19. The molecule has 0 spiro atoms. The van der Waals surface area contributed by atoms with Crippen LogP contribution in [0.2, 0.25) is 0 Å². The van der Waals surface area contributed by atoms with Gasteiger partial charge < -0.3 is 9.88 Å². The monoisotopic (exact) mass is 403 g/mol. The molecule has 0 amide bonds. The highest BCUT2D eigenvalue weighted by Crippen LogP contribution is 2.31. The van der Waals surface area contributed by atoms with Crippen LogP contribution in [0.4, 0.5) is 14.5 Å². The van der Waals surface area contributed by atoms with Crippen LogP contribution in [0.3, 0.4) is 0 Å². The second-order valence-corrected chi connectivity index (χ2v) is 9.03. The molecule has 0 radical (unpaired) electrons. The van der Waals surface area contributed by atoms with Crippen molar-refractivity contribution >= 4 is 15.5 Å². The zero-order chi connectivity index (χ0) is 20.1. The van der Waals surface area contributed by atoms with Gasteiger partial charge in [0, 0.05) is 48.8 Å². The minimum absolute atomic E-state index is 0.0576. The highest BCUT2D eigenvalue weighted by atomic mass is 32.2. The normalized spacial score (nSPS) is 14.2. The minimum atomic E-state index is -3.35. The number of nitrogens with zero attached hydrogens (tertiary/aromatic N) is 2. The predicted octanol–water partition coefficient (Wildman–Crippen LogP) is 3.63. The number of rotatable bonds is 3. The fourth-order valence-electron chi connectivity index (χ4n) is 3.55. The molecule has 146 valence electrons. The van der Waals surface area contributed by atoms with Gasteiger partial charge in [0.15, 0.2) is 14.9 Å². The summed E-state index contributed by atoms with van der Waals surface area (Å²) in [5.74, 6) is -1.21. The molecule has 3 aromatic rings. The van der Waals surface area contributed by atoms with Crippen molar-refractivity contribution < 1.29 is 17.2 Å². The van der Waals surface area contributed by atoms with Crippen LogP contribution in [-0.2, 0) is 22.8 Å². The number of halogens is 2. The molecule has 1 N–H and O–H groups in total. The quantitative estimate of drug-likeness (QED) is 0.725. The lowest BCUT2D eigenvalue weighted by Gasteiger charge is -2.30. The van der Waals surface area contributed by atoms with E-state index in [2.05, 4.69) is 14.9 Å². The lowest BCUT2D eigenvalue weighted by molar-refractivity contribution is 0.585. The molecular formula is C20H19F2N3O2S. The van der Waals surface area contributed by atoms with Gasteiger partial charge in [0.2, 0.25) is 0 Å². The van der Waals surface area contributed by atoms with Crippen LogP contribution < -0.4 is 4.90 Å². The molecule has 5 nitrogen and oxygen atoms in total. The number of anilines is 1. The molecule has 3 heterocycles. The molecule has 28 heavy (non-hydrogen) atoms. The molecule has 0 bridgehead atoms. The van der Waals surface area contributed by atoms with Crippen LogP contribution >= 0.6 is 0 Å². The highest BCUT2D eigenvalue weighted by Gasteiger charge is 2.22. The van der Waals surface area contributed by atoms with E-state index in [1.54, 1.807) is 12.3 Å². The topological polar surface area (TPSA) is 66.1 Å². The molecule has 1 aromatic carbocycles. The number of aromatic nitrogens is 2. The zero-order valence-electron chi connectivity index (χ0n) is 15.5. The molecule has 0 atom stereocenters. The Bertz CT molecular complexity index is 1170. The van der Waals surface area contributed by atoms with Gasteiger partial charge in [-0.15, -0.1) is 0 Å². The summed E-state index contributed by atoms with van der Waals surface area (Å²) in [4.78, 5) is 9.45. The van der Waals surface area contributed by atoms with Gasteiger partial charge in [-0.25, -0.2) is 22.2 Å². The van der Waals surface area contributed by atoms with Crippen LogP contribution in [0, 0.1) is 18.6 Å². The van der Waals surface area contributed by atoms with Crippen molar-refractivity contribution in [1.29, 1.82) is 0 Å². The van der Waals surface area contributed by atoms with Crippen molar-refractivity contribution in [2.45, 2.75) is 24.9 Å². The van der Waals surface area contributed by atoms with Gasteiger partial charge in [0.25, 0.3) is 0 Å². The first-order valence-corrected chi connectivity index (χ1v) is 10.7. The van der Waals surface area contributed by atoms with Gasteiger partial charge in [-0.2, -0.15) is 0 Å². The fraction of sp³-hybridized carbons (Fsp3) is 0.250. The van der Waals surface area contributed by atoms with Crippen molar-refractivity contribution in [2.75, 3.05) is 17.7 Å². The number of pyridine rings is 1. The first-order valence-electron chi connectivity index (χ1n) is 8.80. The molecule has 2 aromatic heterocycles. The van der Waals surface area contributed by atoms with E-state index in [4.69, 9.17) is 0 Å². The average molecular weight is 403 g/mol. The van der Waals surface area contributed by atoms with E-state index < -0.39 is 21.5 Å². The maximum absolute atomic E-state index is 14.1. The van der Waals surface area contributed by atoms with Gasteiger partial charge in [0.05, 0.1) is 11.9 Å². The number of benzene rings is 1. The van der Waals surface area contributed by atoms with Crippen molar-refractivity contribution in [2.24, 2.45) is 0 Å². The molecule has 0 saturated carbocycles. The summed E-state index contributed by atoms with van der Waals surface area (Å²) in [6.45, 7) is 3.17. The predicted molar refractivity (Wildman–Crippen MR) is 103 cm³/mol. The van der Waals surface area contributed by atoms with E-state index in [-0.39, 0.29) is 5.03 Å². The van der Waals surface area contributed by atoms with E-state index >= 15 is 0 Å². The van der Waals surface area contributed by atoms with Crippen molar-refractivity contribution in [3.63, 3.8) is 0 Å². The van der Waals surface area contributed by atoms with Crippen molar-refractivity contribution in [1.82, 2.24) is 9.97 Å². The summed E-state index contributed by atoms with van der Waals surface area (Å²) in [7, 11) is -3.35. The van der Waals surface area contributed by atoms with E-state index in [1.807, 2.05) is 13.0 Å². The molecule has 1 aliphatic heterocycles. The summed E-state index contributed by atoms with van der Waals surface area (Å²) in [5.41, 5.74) is 4.70. The molecule has 0 fully saturated rings. The van der Waals surface area contributed by atoms with E-state index in [0.29, 0.717) is 17.8 Å². The largest absolute Gasteiger partial charge is 0.365 e. The number of nitrogens with one attached hydrogen (secondary N) is 1. The Balaban J connectivity index is 1.63. The highest BCUT2D eigenvalue weighted by molar-refractivity contribution is 7.90. The number of aryl methyl sites for hydroxylation is 1. The Morgan fingerprint density at radius 1 is 1.18 bits per heavy atom. The van der Waals surface area contributed by atoms with Crippen LogP contribution in [0.1, 0.15) is 16.8 Å². The Hall–Kier alpha value is -2.74. The second-order valence-electron chi connectivity index (χ2n) is 7.06. The summed E-state index contributed by atoms with van der Waals surface area (Å²) in [5, 5.41) is 0.0576. The smallest absolute Gasteiger partial charge is 0.192 e. The molecule has 1 aliphatic rings. The Kier molecular flexibility index (Phi) is 4.45. The first kappa shape index (κ1) is 18.6. The number of sulfone groups is 1. The summed E-state index contributed by atoms with van der Waals surface area (Å²) in [6.07, 6.45) is 3.45. The Morgan fingerprint density at radius 2 is 1.96 bits per heavy atom.